The second-order valence-corrected chi connectivity index (χ2v) is 5.46. The fraction of sp³-hybridized carbons (Fsp3) is 0.533. The van der Waals surface area contributed by atoms with E-state index in [4.69, 9.17) is 5.73 Å². The SMILES string of the molecule is CC(C)CNC(=O)CN(C)C(C)c1ccc(N)cc1. The molecule has 106 valence electrons. The Kier molecular flexibility index (Phi) is 5.83. The van der Waals surface area contributed by atoms with Gasteiger partial charge in [0.2, 0.25) is 5.91 Å². The summed E-state index contributed by atoms with van der Waals surface area (Å²) >= 11 is 0. The maximum atomic E-state index is 11.8. The van der Waals surface area contributed by atoms with E-state index >= 15 is 0 Å². The maximum absolute atomic E-state index is 11.8. The van der Waals surface area contributed by atoms with Gasteiger partial charge in [0.05, 0.1) is 6.54 Å². The summed E-state index contributed by atoms with van der Waals surface area (Å²) in [5.74, 6) is 0.544. The molecule has 0 radical (unpaired) electrons. The second kappa shape index (κ2) is 7.14. The highest BCUT2D eigenvalue weighted by Crippen LogP contribution is 2.19. The Morgan fingerprint density at radius 2 is 1.84 bits per heavy atom. The molecule has 0 bridgehead atoms. The van der Waals surface area contributed by atoms with Crippen LogP contribution < -0.4 is 11.1 Å². The van der Waals surface area contributed by atoms with E-state index in [1.54, 1.807) is 0 Å². The second-order valence-electron chi connectivity index (χ2n) is 5.46. The molecule has 1 amide bonds. The maximum Gasteiger partial charge on any atom is 0.234 e. The van der Waals surface area contributed by atoms with Crippen LogP contribution >= 0.6 is 0 Å². The van der Waals surface area contributed by atoms with Gasteiger partial charge >= 0.3 is 0 Å². The topological polar surface area (TPSA) is 58.4 Å². The number of likely N-dealkylation sites (N-methyl/N-ethyl adjacent to an activating group) is 1. The van der Waals surface area contributed by atoms with Crippen LogP contribution in [0.4, 0.5) is 5.69 Å². The van der Waals surface area contributed by atoms with Gasteiger partial charge in [0.15, 0.2) is 0 Å². The van der Waals surface area contributed by atoms with Crippen molar-refractivity contribution in [2.75, 3.05) is 25.9 Å². The summed E-state index contributed by atoms with van der Waals surface area (Å²) in [6, 6.07) is 7.97. The summed E-state index contributed by atoms with van der Waals surface area (Å²) in [5.41, 5.74) is 7.59. The Hall–Kier alpha value is -1.55. The number of benzene rings is 1. The first-order valence-electron chi connectivity index (χ1n) is 6.72. The molecule has 4 nitrogen and oxygen atoms in total. The number of nitrogen functional groups attached to an aromatic ring is 1. The molecular formula is C15H25N3O. The van der Waals surface area contributed by atoms with Crippen molar-refractivity contribution < 1.29 is 4.79 Å². The summed E-state index contributed by atoms with van der Waals surface area (Å²) < 4.78 is 0. The van der Waals surface area contributed by atoms with Crippen molar-refractivity contribution in [3.05, 3.63) is 29.8 Å². The van der Waals surface area contributed by atoms with Gasteiger partial charge in [-0.2, -0.15) is 0 Å². The Morgan fingerprint density at radius 3 is 2.37 bits per heavy atom. The van der Waals surface area contributed by atoms with Gasteiger partial charge in [0.25, 0.3) is 0 Å². The zero-order valence-electron chi connectivity index (χ0n) is 12.3. The van der Waals surface area contributed by atoms with Crippen LogP contribution in [0.5, 0.6) is 0 Å². The number of hydrogen-bond donors (Lipinski definition) is 2. The molecule has 0 aliphatic rings. The van der Waals surface area contributed by atoms with Gasteiger partial charge in [0.1, 0.15) is 0 Å². The predicted molar refractivity (Wildman–Crippen MR) is 79.7 cm³/mol. The van der Waals surface area contributed by atoms with Crippen LogP contribution in [-0.4, -0.2) is 30.9 Å². The monoisotopic (exact) mass is 263 g/mol. The summed E-state index contributed by atoms with van der Waals surface area (Å²) in [6.45, 7) is 7.38. The third-order valence-electron chi connectivity index (χ3n) is 3.18. The summed E-state index contributed by atoms with van der Waals surface area (Å²) in [5, 5.41) is 2.93. The Bertz CT molecular complexity index is 400. The van der Waals surface area contributed by atoms with Gasteiger partial charge in [-0.1, -0.05) is 26.0 Å². The summed E-state index contributed by atoms with van der Waals surface area (Å²) in [7, 11) is 1.95. The lowest BCUT2D eigenvalue weighted by Crippen LogP contribution is -2.37. The Labute approximate surface area is 116 Å². The number of nitrogens with zero attached hydrogens (tertiary/aromatic N) is 1. The highest BCUT2D eigenvalue weighted by Gasteiger charge is 2.14. The lowest BCUT2D eigenvalue weighted by atomic mass is 10.1. The van der Waals surface area contributed by atoms with Gasteiger partial charge < -0.3 is 11.1 Å². The molecule has 0 aliphatic heterocycles. The molecule has 1 rings (SSSR count). The minimum absolute atomic E-state index is 0.0681. The highest BCUT2D eigenvalue weighted by molar-refractivity contribution is 5.78. The average Bonchev–Trinajstić information content (AvgIpc) is 2.36. The molecule has 1 aromatic rings. The van der Waals surface area contributed by atoms with E-state index in [1.165, 1.54) is 0 Å². The summed E-state index contributed by atoms with van der Waals surface area (Å²) in [4.78, 5) is 13.8. The van der Waals surface area contributed by atoms with E-state index in [2.05, 4.69) is 26.1 Å². The smallest absolute Gasteiger partial charge is 0.234 e. The number of carbonyl (C=O) groups is 1. The molecule has 0 aromatic heterocycles. The third kappa shape index (κ3) is 5.30. The number of carbonyl (C=O) groups excluding carboxylic acids is 1. The number of nitrogens with two attached hydrogens (primary N) is 1. The van der Waals surface area contributed by atoms with E-state index in [9.17, 15) is 4.79 Å². The zero-order chi connectivity index (χ0) is 14.4. The van der Waals surface area contributed by atoms with Crippen molar-refractivity contribution in [1.82, 2.24) is 10.2 Å². The van der Waals surface area contributed by atoms with Gasteiger partial charge in [-0.25, -0.2) is 0 Å². The molecular weight excluding hydrogens is 238 g/mol. The molecule has 1 aromatic carbocycles. The third-order valence-corrected chi connectivity index (χ3v) is 3.18. The first-order valence-corrected chi connectivity index (χ1v) is 6.72. The molecule has 0 saturated heterocycles. The van der Waals surface area contributed by atoms with Crippen LogP contribution in [0, 0.1) is 5.92 Å². The minimum atomic E-state index is 0.0681. The van der Waals surface area contributed by atoms with Gasteiger partial charge in [-0.3, -0.25) is 9.69 Å². The molecule has 4 heteroatoms. The van der Waals surface area contributed by atoms with Crippen LogP contribution in [0.3, 0.4) is 0 Å². The largest absolute Gasteiger partial charge is 0.399 e. The van der Waals surface area contributed by atoms with Crippen molar-refractivity contribution in [3.8, 4) is 0 Å². The highest BCUT2D eigenvalue weighted by atomic mass is 16.2. The Balaban J connectivity index is 2.50. The van der Waals surface area contributed by atoms with E-state index in [-0.39, 0.29) is 11.9 Å². The first kappa shape index (κ1) is 15.5. The van der Waals surface area contributed by atoms with Crippen molar-refractivity contribution in [1.29, 1.82) is 0 Å². The molecule has 1 atom stereocenters. The quantitative estimate of drug-likeness (QED) is 0.772. The van der Waals surface area contributed by atoms with Crippen molar-refractivity contribution in [2.24, 2.45) is 5.92 Å². The van der Waals surface area contributed by atoms with Crippen molar-refractivity contribution >= 4 is 11.6 Å². The number of nitrogens with one attached hydrogen (secondary N) is 1. The average molecular weight is 263 g/mol. The van der Waals surface area contributed by atoms with Crippen LogP contribution in [0.2, 0.25) is 0 Å². The van der Waals surface area contributed by atoms with E-state index < -0.39 is 0 Å². The summed E-state index contributed by atoms with van der Waals surface area (Å²) in [6.07, 6.45) is 0. The molecule has 0 spiro atoms. The van der Waals surface area contributed by atoms with Crippen molar-refractivity contribution in [3.63, 3.8) is 0 Å². The van der Waals surface area contributed by atoms with Crippen LogP contribution in [0.25, 0.3) is 0 Å². The first-order chi connectivity index (χ1) is 8.90. The van der Waals surface area contributed by atoms with Crippen LogP contribution in [0.15, 0.2) is 24.3 Å². The number of amides is 1. The van der Waals surface area contributed by atoms with Crippen molar-refractivity contribution in [2.45, 2.75) is 26.8 Å². The van der Waals surface area contributed by atoms with Crippen LogP contribution in [-0.2, 0) is 4.79 Å². The van der Waals surface area contributed by atoms with E-state index in [0.29, 0.717) is 12.5 Å². The van der Waals surface area contributed by atoms with Gasteiger partial charge in [-0.15, -0.1) is 0 Å². The minimum Gasteiger partial charge on any atom is -0.399 e. The van der Waals surface area contributed by atoms with E-state index in [1.807, 2.05) is 36.2 Å². The number of rotatable bonds is 6. The molecule has 0 fully saturated rings. The lowest BCUT2D eigenvalue weighted by Gasteiger charge is -2.24. The van der Waals surface area contributed by atoms with Gasteiger partial charge in [0, 0.05) is 18.3 Å². The van der Waals surface area contributed by atoms with Gasteiger partial charge in [-0.05, 0) is 37.6 Å². The lowest BCUT2D eigenvalue weighted by molar-refractivity contribution is -0.122. The number of anilines is 1. The fourth-order valence-electron chi connectivity index (χ4n) is 1.77. The normalized spacial score (nSPS) is 12.7. The Morgan fingerprint density at radius 1 is 1.26 bits per heavy atom. The molecule has 3 N–H and O–H groups in total. The van der Waals surface area contributed by atoms with Crippen LogP contribution in [0.1, 0.15) is 32.4 Å². The molecule has 0 saturated carbocycles. The molecule has 1 unspecified atom stereocenters. The molecule has 0 heterocycles. The standard InChI is InChI=1S/C15H25N3O/c1-11(2)9-17-15(19)10-18(4)12(3)13-5-7-14(16)8-6-13/h5-8,11-12H,9-10,16H2,1-4H3,(H,17,19). The fourth-order valence-corrected chi connectivity index (χ4v) is 1.77. The zero-order valence-corrected chi connectivity index (χ0v) is 12.3. The van der Waals surface area contributed by atoms with E-state index in [0.717, 1.165) is 17.8 Å². The number of hydrogen-bond acceptors (Lipinski definition) is 3. The molecule has 19 heavy (non-hydrogen) atoms. The predicted octanol–water partition coefficient (Wildman–Crippen LogP) is 2.03. The molecule has 0 aliphatic carbocycles.